The van der Waals surface area contributed by atoms with Gasteiger partial charge in [-0.1, -0.05) is 47.5 Å². The summed E-state index contributed by atoms with van der Waals surface area (Å²) in [7, 11) is -4.14. The number of hydrogen-bond acceptors (Lipinski definition) is 7. The first-order chi connectivity index (χ1) is 20.5. The van der Waals surface area contributed by atoms with Crippen LogP contribution in [0.25, 0.3) is 0 Å². The van der Waals surface area contributed by atoms with Crippen LogP contribution in [0.15, 0.2) is 87.0 Å². The van der Waals surface area contributed by atoms with E-state index in [0.29, 0.717) is 32.1 Å². The fourth-order valence-corrected chi connectivity index (χ4v) is 7.89. The first kappa shape index (κ1) is 31.1. The van der Waals surface area contributed by atoms with E-state index in [1.807, 2.05) is 62.0 Å². The second kappa shape index (κ2) is 12.7. The Morgan fingerprint density at radius 2 is 1.35 bits per heavy atom. The highest BCUT2D eigenvalue weighted by molar-refractivity contribution is 7.90. The number of nitrogens with zero attached hydrogens (tertiary/aromatic N) is 5. The minimum Gasteiger partial charge on any atom is -0.379 e. The predicted octanol–water partition coefficient (Wildman–Crippen LogP) is 3.49. The van der Waals surface area contributed by atoms with Gasteiger partial charge in [-0.2, -0.15) is 12.7 Å². The smallest absolute Gasteiger partial charge is 0.283 e. The number of amidine groups is 1. The maximum Gasteiger partial charge on any atom is 0.283 e. The fourth-order valence-electron chi connectivity index (χ4n) is 5.30. The van der Waals surface area contributed by atoms with Gasteiger partial charge >= 0.3 is 0 Å². The van der Waals surface area contributed by atoms with Crippen LogP contribution in [0.3, 0.4) is 0 Å². The molecule has 0 spiro atoms. The Morgan fingerprint density at radius 3 is 1.91 bits per heavy atom. The molecule has 0 N–H and O–H groups in total. The van der Waals surface area contributed by atoms with E-state index in [0.717, 1.165) is 22.4 Å². The molecule has 0 aromatic heterocycles. The van der Waals surface area contributed by atoms with Gasteiger partial charge in [0.05, 0.1) is 29.5 Å². The Hall–Kier alpha value is -3.29. The van der Waals surface area contributed by atoms with Crippen molar-refractivity contribution in [1.82, 2.24) is 14.1 Å². The van der Waals surface area contributed by atoms with Crippen molar-refractivity contribution in [2.24, 2.45) is 4.40 Å². The zero-order valence-electron chi connectivity index (χ0n) is 25.0. The lowest BCUT2D eigenvalue weighted by atomic mass is 10.1. The number of benzene rings is 3. The van der Waals surface area contributed by atoms with Crippen LogP contribution in [-0.2, 0) is 24.8 Å². The highest BCUT2D eigenvalue weighted by Crippen LogP contribution is 2.36. The Labute approximate surface area is 255 Å². The molecule has 0 amide bonds. The average molecular weight is 626 g/mol. The molecule has 43 heavy (non-hydrogen) atoms. The molecule has 230 valence electrons. The van der Waals surface area contributed by atoms with E-state index < -0.39 is 26.2 Å². The summed E-state index contributed by atoms with van der Waals surface area (Å²) in [5.74, 6) is 0.297. The molecule has 3 aromatic rings. The van der Waals surface area contributed by atoms with Gasteiger partial charge in [0.15, 0.2) is 0 Å². The van der Waals surface area contributed by atoms with E-state index >= 15 is 0 Å². The molecule has 2 aliphatic rings. The molecule has 0 aliphatic carbocycles. The Kier molecular flexibility index (Phi) is 9.23. The zero-order valence-corrected chi connectivity index (χ0v) is 26.7. The molecule has 3 aromatic carbocycles. The molecule has 12 heteroatoms. The van der Waals surface area contributed by atoms with Crippen molar-refractivity contribution in [3.8, 4) is 0 Å². The molecule has 5 rings (SSSR count). The molecule has 1 atom stereocenters. The lowest BCUT2D eigenvalue weighted by molar-refractivity contribution is 0.0438. The average Bonchev–Trinajstić information content (AvgIpc) is 3.44. The van der Waals surface area contributed by atoms with E-state index in [9.17, 15) is 16.8 Å². The first-order valence-corrected chi connectivity index (χ1v) is 17.2. The summed E-state index contributed by atoms with van der Waals surface area (Å²) >= 11 is 0. The fraction of sp³-hybridized carbons (Fsp3) is 0.387. The van der Waals surface area contributed by atoms with Gasteiger partial charge in [0.2, 0.25) is 10.0 Å². The molecule has 1 unspecified atom stereocenters. The van der Waals surface area contributed by atoms with Crippen molar-refractivity contribution in [2.45, 2.75) is 29.8 Å². The minimum absolute atomic E-state index is 0.0905. The summed E-state index contributed by atoms with van der Waals surface area (Å²) < 4.78 is 66.9. The SMILES string of the molecule is Cc1ccc(S(=O)(=O)N=C(CN2CCOCC2)N2CCN(S(=O)(=O)c3ccc(C)cc3)C2c2ccc(N(C)C)cc2)cc1. The zero-order chi connectivity index (χ0) is 30.8. The lowest BCUT2D eigenvalue weighted by Crippen LogP contribution is -2.46. The van der Waals surface area contributed by atoms with Gasteiger partial charge in [-0.3, -0.25) is 4.90 Å². The van der Waals surface area contributed by atoms with Crippen LogP contribution in [0.2, 0.25) is 0 Å². The van der Waals surface area contributed by atoms with E-state index in [1.54, 1.807) is 48.5 Å². The van der Waals surface area contributed by atoms with Gasteiger partial charge < -0.3 is 14.5 Å². The molecule has 10 nitrogen and oxygen atoms in total. The molecule has 2 saturated heterocycles. The second-order valence-corrected chi connectivity index (χ2v) is 14.7. The van der Waals surface area contributed by atoms with Gasteiger partial charge in [0, 0.05) is 46.0 Å². The van der Waals surface area contributed by atoms with Crippen molar-refractivity contribution in [3.05, 3.63) is 89.5 Å². The molecule has 2 fully saturated rings. The third kappa shape index (κ3) is 6.94. The van der Waals surface area contributed by atoms with Gasteiger partial charge in [0.25, 0.3) is 10.0 Å². The lowest BCUT2D eigenvalue weighted by Gasteiger charge is -2.35. The van der Waals surface area contributed by atoms with Crippen LogP contribution in [0.5, 0.6) is 0 Å². The van der Waals surface area contributed by atoms with E-state index in [1.165, 1.54) is 4.31 Å². The number of rotatable bonds is 8. The van der Waals surface area contributed by atoms with Crippen LogP contribution in [0.4, 0.5) is 5.69 Å². The van der Waals surface area contributed by atoms with Gasteiger partial charge in [-0.15, -0.1) is 4.40 Å². The molecule has 0 radical (unpaired) electrons. The van der Waals surface area contributed by atoms with Crippen molar-refractivity contribution in [3.63, 3.8) is 0 Å². The van der Waals surface area contributed by atoms with Crippen LogP contribution in [0.1, 0.15) is 22.9 Å². The van der Waals surface area contributed by atoms with Gasteiger partial charge in [-0.25, -0.2) is 8.42 Å². The van der Waals surface area contributed by atoms with Crippen LogP contribution in [-0.4, -0.2) is 96.8 Å². The summed E-state index contributed by atoms with van der Waals surface area (Å²) in [6.07, 6.45) is -0.796. The third-order valence-corrected chi connectivity index (χ3v) is 11.0. The topological polar surface area (TPSA) is 103 Å². The van der Waals surface area contributed by atoms with E-state index in [4.69, 9.17) is 4.74 Å². The number of sulfonamides is 2. The molecular weight excluding hydrogens is 587 g/mol. The third-order valence-electron chi connectivity index (χ3n) is 7.81. The first-order valence-electron chi connectivity index (χ1n) is 14.3. The maximum atomic E-state index is 14.1. The number of hydrogen-bond donors (Lipinski definition) is 0. The summed E-state index contributed by atoms with van der Waals surface area (Å²) in [5.41, 5.74) is 3.58. The molecule has 2 aliphatic heterocycles. The molecule has 2 heterocycles. The highest BCUT2D eigenvalue weighted by Gasteiger charge is 2.43. The normalized spacial score (nSPS) is 19.1. The maximum absolute atomic E-state index is 14.1. The predicted molar refractivity (Wildman–Crippen MR) is 168 cm³/mol. The molecular formula is C31H39N5O5S2. The van der Waals surface area contributed by atoms with Gasteiger partial charge in [-0.05, 0) is 55.8 Å². The number of aryl methyl sites for hydroxylation is 2. The van der Waals surface area contributed by atoms with E-state index in [-0.39, 0.29) is 29.4 Å². The van der Waals surface area contributed by atoms with Crippen molar-refractivity contribution < 1.29 is 21.6 Å². The minimum atomic E-state index is -4.08. The second-order valence-electron chi connectivity index (χ2n) is 11.2. The van der Waals surface area contributed by atoms with Crippen molar-refractivity contribution in [1.29, 1.82) is 0 Å². The Morgan fingerprint density at radius 1 is 0.791 bits per heavy atom. The Balaban J connectivity index is 1.62. The van der Waals surface area contributed by atoms with Crippen LogP contribution < -0.4 is 4.90 Å². The summed E-state index contributed by atoms with van der Waals surface area (Å²) in [4.78, 5) is 6.17. The van der Waals surface area contributed by atoms with Crippen molar-refractivity contribution >= 4 is 31.6 Å². The standard InChI is InChI=1S/C31H39N5O5S2/c1-24-5-13-28(14-6-24)42(37,38)32-30(23-34-19-21-41-22-20-34)35-17-18-36(43(39,40)29-15-7-25(2)8-16-29)31(35)26-9-11-27(12-10-26)33(3)4/h5-16,31H,17-23H2,1-4H3. The number of ether oxygens (including phenoxy) is 1. The molecule has 0 bridgehead atoms. The van der Waals surface area contributed by atoms with Crippen molar-refractivity contribution in [2.75, 3.05) is 64.9 Å². The van der Waals surface area contributed by atoms with Crippen LogP contribution >= 0.6 is 0 Å². The number of anilines is 1. The Bertz CT molecular complexity index is 1650. The molecule has 0 saturated carbocycles. The number of morpholine rings is 1. The summed E-state index contributed by atoms with van der Waals surface area (Å²) in [6, 6.07) is 21.0. The largest absolute Gasteiger partial charge is 0.379 e. The summed E-state index contributed by atoms with van der Waals surface area (Å²) in [5, 5.41) is 0. The van der Waals surface area contributed by atoms with Gasteiger partial charge in [0.1, 0.15) is 12.0 Å². The summed E-state index contributed by atoms with van der Waals surface area (Å²) in [6.45, 7) is 6.77. The quantitative estimate of drug-likeness (QED) is 0.277. The monoisotopic (exact) mass is 625 g/mol. The highest BCUT2D eigenvalue weighted by atomic mass is 32.2. The van der Waals surface area contributed by atoms with Crippen LogP contribution in [0, 0.1) is 13.8 Å². The van der Waals surface area contributed by atoms with E-state index in [2.05, 4.69) is 9.30 Å².